The van der Waals surface area contributed by atoms with Crippen molar-refractivity contribution in [2.45, 2.75) is 38.5 Å². The summed E-state index contributed by atoms with van der Waals surface area (Å²) in [5, 5.41) is 0. The minimum Gasteiger partial charge on any atom is -0.369 e. The number of aromatic nitrogens is 3. The van der Waals surface area contributed by atoms with Crippen molar-refractivity contribution in [3.8, 4) is 0 Å². The Balaban J connectivity index is 1.56. The molecular formula is C16H20N4O. The van der Waals surface area contributed by atoms with E-state index in [1.807, 2.05) is 6.20 Å². The molecule has 5 heteroatoms. The van der Waals surface area contributed by atoms with Crippen LogP contribution in [0.2, 0.25) is 0 Å². The summed E-state index contributed by atoms with van der Waals surface area (Å²) in [5.41, 5.74) is 8.51. The first-order valence-corrected chi connectivity index (χ1v) is 7.98. The quantitative estimate of drug-likeness (QED) is 0.790. The van der Waals surface area contributed by atoms with Crippen LogP contribution in [0.25, 0.3) is 11.0 Å². The zero-order valence-electron chi connectivity index (χ0n) is 12.0. The van der Waals surface area contributed by atoms with E-state index >= 15 is 0 Å². The monoisotopic (exact) mass is 284 g/mol. The lowest BCUT2D eigenvalue weighted by atomic mass is 9.67. The summed E-state index contributed by atoms with van der Waals surface area (Å²) in [5.74, 6) is 3.10. The van der Waals surface area contributed by atoms with Gasteiger partial charge < -0.3 is 10.7 Å². The first-order valence-electron chi connectivity index (χ1n) is 7.98. The van der Waals surface area contributed by atoms with Gasteiger partial charge >= 0.3 is 0 Å². The molecule has 0 aliphatic heterocycles. The van der Waals surface area contributed by atoms with Crippen LogP contribution in [0.3, 0.4) is 0 Å². The maximum atomic E-state index is 11.9. The number of aromatic amines is 2. The molecule has 4 aliphatic carbocycles. The molecule has 4 N–H and O–H groups in total. The summed E-state index contributed by atoms with van der Waals surface area (Å²) in [6.45, 7) is 0. The molecule has 4 fully saturated rings. The van der Waals surface area contributed by atoms with Crippen LogP contribution in [-0.2, 0) is 6.42 Å². The van der Waals surface area contributed by atoms with E-state index in [0.29, 0.717) is 10.9 Å². The summed E-state index contributed by atoms with van der Waals surface area (Å²) >= 11 is 0. The number of nitrogens with one attached hydrogen (secondary N) is 2. The topological polar surface area (TPSA) is 87.6 Å². The summed E-state index contributed by atoms with van der Waals surface area (Å²) < 4.78 is 0. The molecule has 0 amide bonds. The largest absolute Gasteiger partial charge is 0.369 e. The highest BCUT2D eigenvalue weighted by atomic mass is 16.1. The maximum absolute atomic E-state index is 11.9. The van der Waals surface area contributed by atoms with Crippen LogP contribution >= 0.6 is 0 Å². The van der Waals surface area contributed by atoms with Crippen molar-refractivity contribution in [3.05, 3.63) is 22.1 Å². The minimum atomic E-state index is -0.169. The maximum Gasteiger partial charge on any atom is 0.276 e. The van der Waals surface area contributed by atoms with Crippen molar-refractivity contribution in [3.63, 3.8) is 0 Å². The Bertz CT molecular complexity index is 770. The highest BCUT2D eigenvalue weighted by Crippen LogP contribution is 2.65. The number of hydrogen-bond acceptors (Lipinski definition) is 3. The number of nitrogens with two attached hydrogens (primary N) is 1. The molecule has 4 bridgehead atoms. The molecule has 110 valence electrons. The Morgan fingerprint density at radius 1 is 1.29 bits per heavy atom. The predicted octanol–water partition coefficient (Wildman–Crippen LogP) is 2.20. The number of nitrogen functional groups attached to an aromatic ring is 1. The average molecular weight is 284 g/mol. The lowest BCUT2D eigenvalue weighted by molar-refractivity contribution is 0.144. The fourth-order valence-corrected chi connectivity index (χ4v) is 5.82. The average Bonchev–Trinajstić information content (AvgIpc) is 2.99. The van der Waals surface area contributed by atoms with Crippen molar-refractivity contribution in [1.82, 2.24) is 15.0 Å². The molecule has 0 aromatic carbocycles. The Hall–Kier alpha value is -1.78. The molecule has 2 aromatic rings. The molecule has 2 atom stereocenters. The summed E-state index contributed by atoms with van der Waals surface area (Å²) in [7, 11) is 0. The van der Waals surface area contributed by atoms with E-state index in [1.54, 1.807) is 0 Å². The van der Waals surface area contributed by atoms with E-state index in [1.165, 1.54) is 37.7 Å². The summed E-state index contributed by atoms with van der Waals surface area (Å²) in [6, 6.07) is 0. The van der Waals surface area contributed by atoms with Crippen molar-refractivity contribution < 1.29 is 0 Å². The third-order valence-electron chi connectivity index (χ3n) is 6.25. The number of anilines is 1. The van der Waals surface area contributed by atoms with Gasteiger partial charge in [0, 0.05) is 6.20 Å². The molecular weight excluding hydrogens is 264 g/mol. The molecule has 0 saturated heterocycles. The van der Waals surface area contributed by atoms with Crippen LogP contribution in [0, 0.1) is 23.2 Å². The number of rotatable bonds is 2. The predicted molar refractivity (Wildman–Crippen MR) is 80.8 cm³/mol. The van der Waals surface area contributed by atoms with Crippen LogP contribution in [-0.4, -0.2) is 15.0 Å². The van der Waals surface area contributed by atoms with Gasteiger partial charge in [0.05, 0.1) is 0 Å². The molecule has 0 radical (unpaired) electrons. The standard InChI is InChI=1S/C16H20N4O/c17-15-19-12-11(7-18-13(12)14(21)20-15)6-16-3-8-1-9(4-16)10(2-8)5-16/h7-10,18H,1-6H2,(H3,17,19,20,21). The second-order valence-electron chi connectivity index (χ2n) is 7.64. The summed E-state index contributed by atoms with van der Waals surface area (Å²) in [6.07, 6.45) is 10.1. The third-order valence-corrected chi connectivity index (χ3v) is 6.25. The lowest BCUT2D eigenvalue weighted by Crippen LogP contribution is -2.29. The smallest absolute Gasteiger partial charge is 0.276 e. The SMILES string of the molecule is Nc1nc2c(CC34CC5CC(C3)C(C5)C4)c[nH]c2c(=O)[nH]1. The molecule has 4 saturated carbocycles. The number of fused-ring (bicyclic) bond motifs is 1. The normalized spacial score (nSPS) is 36.9. The zero-order chi connectivity index (χ0) is 14.2. The fraction of sp³-hybridized carbons (Fsp3) is 0.625. The molecule has 0 spiro atoms. The van der Waals surface area contributed by atoms with E-state index < -0.39 is 0 Å². The van der Waals surface area contributed by atoms with E-state index in [4.69, 9.17) is 5.73 Å². The zero-order valence-corrected chi connectivity index (χ0v) is 12.0. The minimum absolute atomic E-state index is 0.169. The van der Waals surface area contributed by atoms with Gasteiger partial charge in [0.2, 0.25) is 5.95 Å². The van der Waals surface area contributed by atoms with Crippen LogP contribution in [0.4, 0.5) is 5.95 Å². The van der Waals surface area contributed by atoms with Crippen LogP contribution in [0.15, 0.2) is 11.0 Å². The second kappa shape index (κ2) is 3.70. The van der Waals surface area contributed by atoms with Crippen LogP contribution < -0.4 is 11.3 Å². The number of hydrogen-bond donors (Lipinski definition) is 3. The fourth-order valence-electron chi connectivity index (χ4n) is 5.82. The van der Waals surface area contributed by atoms with Crippen LogP contribution in [0.5, 0.6) is 0 Å². The van der Waals surface area contributed by atoms with Gasteiger partial charge in [0.25, 0.3) is 5.56 Å². The lowest BCUT2D eigenvalue weighted by Gasteiger charge is -2.38. The van der Waals surface area contributed by atoms with Gasteiger partial charge in [0.15, 0.2) is 0 Å². The van der Waals surface area contributed by atoms with Gasteiger partial charge in [-0.2, -0.15) is 0 Å². The van der Waals surface area contributed by atoms with E-state index in [9.17, 15) is 4.79 Å². The van der Waals surface area contributed by atoms with Crippen LogP contribution in [0.1, 0.15) is 37.7 Å². The first-order chi connectivity index (χ1) is 10.1. The highest BCUT2D eigenvalue weighted by molar-refractivity contribution is 5.78. The molecule has 5 nitrogen and oxygen atoms in total. The Morgan fingerprint density at radius 2 is 2.05 bits per heavy atom. The number of H-pyrrole nitrogens is 2. The van der Waals surface area contributed by atoms with Crippen molar-refractivity contribution in [1.29, 1.82) is 0 Å². The first kappa shape index (κ1) is 11.8. The number of nitrogens with zero attached hydrogens (tertiary/aromatic N) is 1. The van der Waals surface area contributed by atoms with E-state index in [2.05, 4.69) is 15.0 Å². The second-order valence-corrected chi connectivity index (χ2v) is 7.64. The van der Waals surface area contributed by atoms with Gasteiger partial charge in [-0.1, -0.05) is 0 Å². The van der Waals surface area contributed by atoms with E-state index in [-0.39, 0.29) is 11.5 Å². The Labute approximate surface area is 122 Å². The van der Waals surface area contributed by atoms with Gasteiger partial charge in [-0.15, -0.1) is 0 Å². The van der Waals surface area contributed by atoms with Crippen molar-refractivity contribution in [2.24, 2.45) is 23.2 Å². The summed E-state index contributed by atoms with van der Waals surface area (Å²) in [4.78, 5) is 21.9. The molecule has 4 aliphatic rings. The third kappa shape index (κ3) is 1.57. The van der Waals surface area contributed by atoms with Crippen molar-refractivity contribution in [2.75, 3.05) is 5.73 Å². The molecule has 2 heterocycles. The highest BCUT2D eigenvalue weighted by Gasteiger charge is 2.55. The van der Waals surface area contributed by atoms with Crippen molar-refractivity contribution >= 4 is 17.0 Å². The van der Waals surface area contributed by atoms with Gasteiger partial charge in [-0.3, -0.25) is 9.78 Å². The Morgan fingerprint density at radius 3 is 2.76 bits per heavy atom. The van der Waals surface area contributed by atoms with Gasteiger partial charge in [-0.05, 0) is 67.3 Å². The van der Waals surface area contributed by atoms with E-state index in [0.717, 1.165) is 29.7 Å². The molecule has 2 aromatic heterocycles. The molecule has 21 heavy (non-hydrogen) atoms. The Kier molecular flexibility index (Phi) is 2.08. The van der Waals surface area contributed by atoms with Gasteiger partial charge in [0.1, 0.15) is 11.0 Å². The van der Waals surface area contributed by atoms with Gasteiger partial charge in [-0.25, -0.2) is 4.98 Å². The molecule has 6 rings (SSSR count). The molecule has 2 unspecified atom stereocenters.